The summed E-state index contributed by atoms with van der Waals surface area (Å²) in [6, 6.07) is 12.7. The van der Waals surface area contributed by atoms with E-state index in [1.165, 1.54) is 5.56 Å². The molecule has 0 bridgehead atoms. The summed E-state index contributed by atoms with van der Waals surface area (Å²) in [4.78, 5) is 9.76. The van der Waals surface area contributed by atoms with Gasteiger partial charge in [-0.2, -0.15) is 5.10 Å². The molecule has 2 heterocycles. The van der Waals surface area contributed by atoms with Crippen molar-refractivity contribution >= 4 is 5.96 Å². The maximum Gasteiger partial charge on any atom is 0.191 e. The zero-order chi connectivity index (χ0) is 20.2. The monoisotopic (exact) mass is 397 g/mol. The fraction of sp³-hybridized carbons (Fsp3) is 0.545. The molecule has 2 aromatic rings. The number of benzene rings is 1. The molecule has 0 radical (unpaired) electrons. The molecule has 1 fully saturated rings. The fourth-order valence-corrected chi connectivity index (χ4v) is 3.54. The van der Waals surface area contributed by atoms with E-state index in [4.69, 9.17) is 0 Å². The Balaban J connectivity index is 1.30. The molecule has 1 saturated heterocycles. The first kappa shape index (κ1) is 21.3. The highest BCUT2D eigenvalue weighted by Gasteiger charge is 2.16. The van der Waals surface area contributed by atoms with Gasteiger partial charge in [-0.15, -0.1) is 0 Å². The first-order valence-electron chi connectivity index (χ1n) is 10.8. The Morgan fingerprint density at radius 2 is 1.79 bits per heavy atom. The van der Waals surface area contributed by atoms with E-state index in [0.29, 0.717) is 0 Å². The van der Waals surface area contributed by atoms with Crippen molar-refractivity contribution in [3.8, 4) is 0 Å². The minimum atomic E-state index is 0.799. The summed E-state index contributed by atoms with van der Waals surface area (Å²) in [5, 5.41) is 11.0. The second-order valence-corrected chi connectivity index (χ2v) is 7.41. The standard InChI is InChI=1S/C22H35N7/c1-2-23-22(24-10-6-13-29-14-7-11-26-29)25-12-15-27-16-18-28(19-17-27)20-21-8-4-3-5-9-21/h3-5,7-9,11,14H,2,6,10,12-13,15-20H2,1H3,(H2,23,24,25). The summed E-state index contributed by atoms with van der Waals surface area (Å²) < 4.78 is 1.95. The first-order chi connectivity index (χ1) is 14.3. The van der Waals surface area contributed by atoms with Crippen LogP contribution in [0.3, 0.4) is 0 Å². The van der Waals surface area contributed by atoms with Gasteiger partial charge in [0.15, 0.2) is 5.96 Å². The van der Waals surface area contributed by atoms with Gasteiger partial charge in [-0.25, -0.2) is 0 Å². The smallest absolute Gasteiger partial charge is 0.191 e. The van der Waals surface area contributed by atoms with E-state index in [9.17, 15) is 0 Å². The lowest BCUT2D eigenvalue weighted by atomic mass is 10.2. The molecule has 2 N–H and O–H groups in total. The van der Waals surface area contributed by atoms with Crippen molar-refractivity contribution in [1.29, 1.82) is 0 Å². The molecule has 0 atom stereocenters. The summed E-state index contributed by atoms with van der Waals surface area (Å²) in [7, 11) is 0. The first-order valence-corrected chi connectivity index (χ1v) is 10.8. The molecule has 0 aliphatic carbocycles. The van der Waals surface area contributed by atoms with Gasteiger partial charge in [0, 0.05) is 77.8 Å². The maximum absolute atomic E-state index is 4.68. The highest BCUT2D eigenvalue weighted by Crippen LogP contribution is 2.07. The van der Waals surface area contributed by atoms with Crippen molar-refractivity contribution in [2.24, 2.45) is 4.99 Å². The van der Waals surface area contributed by atoms with E-state index < -0.39 is 0 Å². The van der Waals surface area contributed by atoms with E-state index >= 15 is 0 Å². The summed E-state index contributed by atoms with van der Waals surface area (Å²) in [5.41, 5.74) is 1.40. The Morgan fingerprint density at radius 3 is 2.52 bits per heavy atom. The van der Waals surface area contributed by atoms with Gasteiger partial charge in [0.25, 0.3) is 0 Å². The van der Waals surface area contributed by atoms with Crippen LogP contribution in [0.5, 0.6) is 0 Å². The van der Waals surface area contributed by atoms with Crippen LogP contribution in [-0.4, -0.2) is 77.9 Å². The van der Waals surface area contributed by atoms with Crippen LogP contribution in [0.2, 0.25) is 0 Å². The summed E-state index contributed by atoms with van der Waals surface area (Å²) in [5.74, 6) is 0.913. The number of aromatic nitrogens is 2. The van der Waals surface area contributed by atoms with E-state index in [2.05, 4.69) is 67.8 Å². The predicted octanol–water partition coefficient (Wildman–Crippen LogP) is 1.65. The maximum atomic E-state index is 4.68. The predicted molar refractivity (Wildman–Crippen MR) is 119 cm³/mol. The van der Waals surface area contributed by atoms with Crippen LogP contribution in [0.25, 0.3) is 0 Å². The number of hydrogen-bond acceptors (Lipinski definition) is 4. The van der Waals surface area contributed by atoms with E-state index in [0.717, 1.165) is 77.8 Å². The molecule has 1 aliphatic heterocycles. The number of guanidine groups is 1. The molecule has 0 spiro atoms. The lowest BCUT2D eigenvalue weighted by Gasteiger charge is -2.34. The number of hydrogen-bond donors (Lipinski definition) is 2. The third kappa shape index (κ3) is 7.87. The average Bonchev–Trinajstić information content (AvgIpc) is 3.27. The Morgan fingerprint density at radius 1 is 1.00 bits per heavy atom. The van der Waals surface area contributed by atoms with Gasteiger partial charge in [0.05, 0.1) is 0 Å². The lowest BCUT2D eigenvalue weighted by Crippen LogP contribution is -2.49. The molecular formula is C22H35N7. The Kier molecular flexibility index (Phi) is 9.00. The zero-order valence-electron chi connectivity index (χ0n) is 17.6. The molecule has 0 saturated carbocycles. The molecule has 7 heteroatoms. The molecule has 29 heavy (non-hydrogen) atoms. The molecular weight excluding hydrogens is 362 g/mol. The van der Waals surface area contributed by atoms with Gasteiger partial charge in [-0.05, 0) is 25.0 Å². The van der Waals surface area contributed by atoms with Crippen molar-refractivity contribution in [2.75, 3.05) is 52.4 Å². The molecule has 0 unspecified atom stereocenters. The molecule has 1 aromatic carbocycles. The summed E-state index contributed by atoms with van der Waals surface area (Å²) in [6.07, 6.45) is 4.80. The van der Waals surface area contributed by atoms with Crippen molar-refractivity contribution in [1.82, 2.24) is 30.2 Å². The minimum Gasteiger partial charge on any atom is -0.357 e. The van der Waals surface area contributed by atoms with Crippen LogP contribution in [0.4, 0.5) is 0 Å². The molecule has 7 nitrogen and oxygen atoms in total. The van der Waals surface area contributed by atoms with Gasteiger partial charge in [0.1, 0.15) is 0 Å². The summed E-state index contributed by atoms with van der Waals surface area (Å²) >= 11 is 0. The van der Waals surface area contributed by atoms with Gasteiger partial charge in [-0.3, -0.25) is 19.5 Å². The Bertz CT molecular complexity index is 691. The van der Waals surface area contributed by atoms with Crippen LogP contribution in [0.1, 0.15) is 18.9 Å². The van der Waals surface area contributed by atoms with Crippen molar-refractivity contribution < 1.29 is 0 Å². The van der Waals surface area contributed by atoms with Crippen molar-refractivity contribution in [2.45, 2.75) is 26.4 Å². The fourth-order valence-electron chi connectivity index (χ4n) is 3.54. The number of aliphatic imine (C=N–C) groups is 1. The van der Waals surface area contributed by atoms with Crippen LogP contribution in [0, 0.1) is 0 Å². The molecule has 1 aromatic heterocycles. The highest BCUT2D eigenvalue weighted by atomic mass is 15.3. The van der Waals surface area contributed by atoms with E-state index in [-0.39, 0.29) is 0 Å². The largest absolute Gasteiger partial charge is 0.357 e. The number of nitrogens with zero attached hydrogens (tertiary/aromatic N) is 5. The normalized spacial score (nSPS) is 16.1. The third-order valence-electron chi connectivity index (χ3n) is 5.15. The lowest BCUT2D eigenvalue weighted by molar-refractivity contribution is 0.129. The number of aryl methyl sites for hydroxylation is 1. The molecule has 3 rings (SSSR count). The van der Waals surface area contributed by atoms with Gasteiger partial charge < -0.3 is 10.6 Å². The number of nitrogens with one attached hydrogen (secondary N) is 2. The zero-order valence-corrected chi connectivity index (χ0v) is 17.6. The summed E-state index contributed by atoms with van der Waals surface area (Å²) in [6.45, 7) is 12.3. The van der Waals surface area contributed by atoms with E-state index in [1.807, 2.05) is 23.1 Å². The SMILES string of the molecule is CCNC(=NCCCn1cccn1)NCCN1CCN(Cc2ccccc2)CC1. The van der Waals surface area contributed by atoms with E-state index in [1.54, 1.807) is 0 Å². The quantitative estimate of drug-likeness (QED) is 0.363. The van der Waals surface area contributed by atoms with Gasteiger partial charge in [-0.1, -0.05) is 30.3 Å². The van der Waals surface area contributed by atoms with Crippen molar-refractivity contribution in [3.63, 3.8) is 0 Å². The number of rotatable bonds is 10. The second kappa shape index (κ2) is 12.2. The minimum absolute atomic E-state index is 0.799. The van der Waals surface area contributed by atoms with Gasteiger partial charge >= 0.3 is 0 Å². The van der Waals surface area contributed by atoms with Crippen LogP contribution in [-0.2, 0) is 13.1 Å². The average molecular weight is 398 g/mol. The Labute approximate surface area is 174 Å². The second-order valence-electron chi connectivity index (χ2n) is 7.41. The Hall–Kier alpha value is -2.38. The molecule has 0 amide bonds. The highest BCUT2D eigenvalue weighted by molar-refractivity contribution is 5.79. The van der Waals surface area contributed by atoms with Crippen molar-refractivity contribution in [3.05, 3.63) is 54.4 Å². The molecule has 1 aliphatic rings. The van der Waals surface area contributed by atoms with Crippen LogP contribution < -0.4 is 10.6 Å². The molecule has 158 valence electrons. The topological polar surface area (TPSA) is 60.7 Å². The third-order valence-corrected chi connectivity index (χ3v) is 5.15. The number of piperazine rings is 1. The van der Waals surface area contributed by atoms with Crippen LogP contribution >= 0.6 is 0 Å². The van der Waals surface area contributed by atoms with Crippen LogP contribution in [0.15, 0.2) is 53.8 Å². The van der Waals surface area contributed by atoms with Gasteiger partial charge in [0.2, 0.25) is 0 Å².